The summed E-state index contributed by atoms with van der Waals surface area (Å²) >= 11 is 0. The molecule has 0 saturated carbocycles. The molecule has 1 aliphatic rings. The fourth-order valence-electron chi connectivity index (χ4n) is 3.15. The molecule has 12 heteroatoms. The number of aromatic nitrogens is 2. The number of likely N-dealkylation sites (tertiary alicyclic amines) is 1. The monoisotopic (exact) mass is 458 g/mol. The Kier molecular flexibility index (Phi) is 6.53. The highest BCUT2D eigenvalue weighted by Crippen LogP contribution is 2.29. The molecule has 1 N–H and O–H groups in total. The van der Waals surface area contributed by atoms with E-state index in [1.54, 1.807) is 7.05 Å². The van der Waals surface area contributed by atoms with Gasteiger partial charge in [0.2, 0.25) is 5.91 Å². The van der Waals surface area contributed by atoms with Crippen LogP contribution in [0.4, 0.5) is 13.2 Å². The zero-order valence-corrected chi connectivity index (χ0v) is 17.4. The summed E-state index contributed by atoms with van der Waals surface area (Å²) in [6.45, 7) is 3.52. The third-order valence-electron chi connectivity index (χ3n) is 4.76. The van der Waals surface area contributed by atoms with Gasteiger partial charge in [-0.3, -0.25) is 4.79 Å². The van der Waals surface area contributed by atoms with Gasteiger partial charge in [0.15, 0.2) is 5.03 Å². The second kappa shape index (κ2) is 8.81. The van der Waals surface area contributed by atoms with E-state index in [2.05, 4.69) is 16.3 Å². The van der Waals surface area contributed by atoms with Crippen molar-refractivity contribution in [2.24, 2.45) is 7.05 Å². The molecule has 8 nitrogen and oxygen atoms in total. The van der Waals surface area contributed by atoms with Crippen LogP contribution in [-0.2, 0) is 39.4 Å². The summed E-state index contributed by atoms with van der Waals surface area (Å²) in [4.78, 5) is 17.2. The summed E-state index contributed by atoms with van der Waals surface area (Å²) in [5.74, 6) is -0.386. The van der Waals surface area contributed by atoms with Gasteiger partial charge in [0.1, 0.15) is 0 Å². The minimum Gasteiger partial charge on any atom is -0.370 e. The molecule has 2 atom stereocenters. The van der Waals surface area contributed by atoms with Gasteiger partial charge in [-0.25, -0.2) is 18.1 Å². The maximum absolute atomic E-state index is 12.7. The maximum Gasteiger partial charge on any atom is 0.416 e. The van der Waals surface area contributed by atoms with Crippen molar-refractivity contribution in [2.75, 3.05) is 13.1 Å². The lowest BCUT2D eigenvalue weighted by molar-refractivity contribution is -0.137. The van der Waals surface area contributed by atoms with E-state index in [0.717, 1.165) is 18.2 Å². The predicted octanol–water partition coefficient (Wildman–Crippen LogP) is 1.70. The molecule has 1 aromatic heterocycles. The number of rotatable bonds is 7. The molecule has 0 bridgehead atoms. The van der Waals surface area contributed by atoms with Crippen LogP contribution in [0.15, 0.2) is 54.5 Å². The van der Waals surface area contributed by atoms with Crippen molar-refractivity contribution in [1.29, 1.82) is 0 Å². The van der Waals surface area contributed by atoms with E-state index < -0.39 is 33.9 Å². The summed E-state index contributed by atoms with van der Waals surface area (Å²) in [6.07, 6.45) is -1.37. The van der Waals surface area contributed by atoms with Crippen LogP contribution in [0.3, 0.4) is 0 Å². The third-order valence-corrected chi connectivity index (χ3v) is 6.14. The Morgan fingerprint density at radius 3 is 2.55 bits per heavy atom. The zero-order chi connectivity index (χ0) is 22.8. The van der Waals surface area contributed by atoms with Crippen LogP contribution < -0.4 is 4.72 Å². The Bertz CT molecular complexity index is 1050. The van der Waals surface area contributed by atoms with Crippen molar-refractivity contribution in [3.05, 3.63) is 60.6 Å². The van der Waals surface area contributed by atoms with Gasteiger partial charge in [-0.2, -0.15) is 13.2 Å². The number of sulfonamides is 1. The summed E-state index contributed by atoms with van der Waals surface area (Å²) in [7, 11) is -2.34. The van der Waals surface area contributed by atoms with Gasteiger partial charge in [0.05, 0.1) is 30.6 Å². The van der Waals surface area contributed by atoms with E-state index >= 15 is 0 Å². The molecule has 0 radical (unpaired) electrons. The lowest BCUT2D eigenvalue weighted by atomic mass is 10.1. The van der Waals surface area contributed by atoms with E-state index in [-0.39, 0.29) is 30.6 Å². The SMILES string of the molecule is C=CC(=O)N1C[C@@H](NS(=O)(=O)c2cn(C)cn2)[C@H](OCc2ccc(C(F)(F)F)cc2)C1. The van der Waals surface area contributed by atoms with Gasteiger partial charge in [-0.05, 0) is 23.8 Å². The molecule has 2 aromatic rings. The fourth-order valence-corrected chi connectivity index (χ4v) is 4.38. The summed E-state index contributed by atoms with van der Waals surface area (Å²) in [6, 6.07) is 3.70. The first-order valence-corrected chi connectivity index (χ1v) is 10.7. The van der Waals surface area contributed by atoms with Gasteiger partial charge in [0.25, 0.3) is 10.0 Å². The molecule has 0 unspecified atom stereocenters. The number of nitrogens with one attached hydrogen (secondary N) is 1. The smallest absolute Gasteiger partial charge is 0.370 e. The molecular weight excluding hydrogens is 437 g/mol. The molecule has 1 aromatic carbocycles. The van der Waals surface area contributed by atoms with E-state index in [9.17, 15) is 26.4 Å². The molecule has 0 aliphatic carbocycles. The molecule has 3 rings (SSSR count). The van der Waals surface area contributed by atoms with Crippen LogP contribution in [-0.4, -0.2) is 54.0 Å². The maximum atomic E-state index is 12.7. The minimum absolute atomic E-state index is 0.0502. The number of halogens is 3. The second-order valence-electron chi connectivity index (χ2n) is 7.10. The standard InChI is InChI=1S/C19H21F3N4O4S/c1-3-18(27)26-8-15(24-31(28,29)17-10-25(2)12-23-17)16(9-26)30-11-13-4-6-14(7-5-13)19(20,21)22/h3-7,10,12,15-16,24H,1,8-9,11H2,2H3/t15-,16-/m1/s1. The zero-order valence-electron chi connectivity index (χ0n) is 16.5. The minimum atomic E-state index is -4.44. The third kappa shape index (κ3) is 5.51. The quantitative estimate of drug-likeness (QED) is 0.638. The van der Waals surface area contributed by atoms with E-state index in [1.807, 2.05) is 0 Å². The van der Waals surface area contributed by atoms with Crippen LogP contribution >= 0.6 is 0 Å². The van der Waals surface area contributed by atoms with Crippen LogP contribution in [0.2, 0.25) is 0 Å². The Morgan fingerprint density at radius 1 is 1.32 bits per heavy atom. The topological polar surface area (TPSA) is 93.5 Å². The first-order valence-electron chi connectivity index (χ1n) is 9.19. The Labute approximate surface area is 177 Å². The van der Waals surface area contributed by atoms with E-state index in [4.69, 9.17) is 4.74 Å². The number of aryl methyl sites for hydroxylation is 1. The number of hydrogen-bond donors (Lipinski definition) is 1. The fraction of sp³-hybridized carbons (Fsp3) is 0.368. The summed E-state index contributed by atoms with van der Waals surface area (Å²) in [5, 5.41) is -0.176. The number of alkyl halides is 3. The van der Waals surface area contributed by atoms with E-state index in [0.29, 0.717) is 5.56 Å². The van der Waals surface area contributed by atoms with Crippen LogP contribution in [0.5, 0.6) is 0 Å². The highest BCUT2D eigenvalue weighted by atomic mass is 32.2. The first kappa shape index (κ1) is 23.0. The van der Waals surface area contributed by atoms with Crippen LogP contribution in [0.25, 0.3) is 0 Å². The molecule has 1 amide bonds. The highest BCUT2D eigenvalue weighted by Gasteiger charge is 2.38. The van der Waals surface area contributed by atoms with Crippen molar-refractivity contribution in [1.82, 2.24) is 19.2 Å². The molecule has 0 spiro atoms. The number of benzene rings is 1. The first-order chi connectivity index (χ1) is 14.5. The number of ether oxygens (including phenoxy) is 1. The molecular formula is C19H21F3N4O4S. The Morgan fingerprint density at radius 2 is 2.00 bits per heavy atom. The van der Waals surface area contributed by atoms with Crippen LogP contribution in [0, 0.1) is 0 Å². The van der Waals surface area contributed by atoms with Gasteiger partial charge < -0.3 is 14.2 Å². The number of imidazole rings is 1. The lowest BCUT2D eigenvalue weighted by Crippen LogP contribution is -2.44. The molecule has 2 heterocycles. The molecule has 31 heavy (non-hydrogen) atoms. The van der Waals surface area contributed by atoms with Gasteiger partial charge >= 0.3 is 6.18 Å². The van der Waals surface area contributed by atoms with Gasteiger partial charge in [0, 0.05) is 26.3 Å². The number of nitrogens with zero attached hydrogens (tertiary/aromatic N) is 3. The van der Waals surface area contributed by atoms with Crippen LogP contribution in [0.1, 0.15) is 11.1 Å². The normalized spacial score (nSPS) is 19.5. The second-order valence-corrected chi connectivity index (χ2v) is 8.76. The molecule has 1 saturated heterocycles. The molecule has 1 aliphatic heterocycles. The van der Waals surface area contributed by atoms with Gasteiger partial charge in [-0.1, -0.05) is 18.7 Å². The van der Waals surface area contributed by atoms with Crippen molar-refractivity contribution in [2.45, 2.75) is 30.0 Å². The lowest BCUT2D eigenvalue weighted by Gasteiger charge is -2.19. The Hall–Kier alpha value is -2.70. The predicted molar refractivity (Wildman–Crippen MR) is 104 cm³/mol. The van der Waals surface area contributed by atoms with Gasteiger partial charge in [-0.15, -0.1) is 0 Å². The van der Waals surface area contributed by atoms with E-state index in [1.165, 1.54) is 34.1 Å². The van der Waals surface area contributed by atoms with Crippen molar-refractivity contribution < 1.29 is 31.1 Å². The number of amides is 1. The largest absolute Gasteiger partial charge is 0.416 e. The average molecular weight is 458 g/mol. The number of carbonyl (C=O) groups excluding carboxylic acids is 1. The number of carbonyl (C=O) groups is 1. The molecule has 1 fully saturated rings. The Balaban J connectivity index is 1.72. The summed E-state index contributed by atoms with van der Waals surface area (Å²) in [5.41, 5.74) is -0.298. The molecule has 168 valence electrons. The average Bonchev–Trinajstić information content (AvgIpc) is 3.32. The van der Waals surface area contributed by atoms with Crippen molar-refractivity contribution >= 4 is 15.9 Å². The highest BCUT2D eigenvalue weighted by molar-refractivity contribution is 7.89. The van der Waals surface area contributed by atoms with Crippen molar-refractivity contribution in [3.63, 3.8) is 0 Å². The summed E-state index contributed by atoms with van der Waals surface area (Å²) < 4.78 is 73.1. The van der Waals surface area contributed by atoms with Crippen molar-refractivity contribution in [3.8, 4) is 0 Å². The number of hydrogen-bond acceptors (Lipinski definition) is 5.